The molecule has 0 aliphatic carbocycles. The second-order valence-electron chi connectivity index (χ2n) is 3.84. The number of nitrogens with zero attached hydrogens (tertiary/aromatic N) is 2. The Hall–Kier alpha value is -2.34. The minimum absolute atomic E-state index is 0.000936. The van der Waals surface area contributed by atoms with Crippen molar-refractivity contribution in [1.82, 2.24) is 9.97 Å². The molecule has 0 aliphatic rings. The van der Waals surface area contributed by atoms with Gasteiger partial charge in [-0.05, 0) is 30.0 Å². The van der Waals surface area contributed by atoms with Gasteiger partial charge in [0, 0.05) is 22.9 Å². The van der Waals surface area contributed by atoms with E-state index in [4.69, 9.17) is 15.6 Å². The van der Waals surface area contributed by atoms with Crippen molar-refractivity contribution in [2.45, 2.75) is 10.1 Å². The van der Waals surface area contributed by atoms with E-state index in [1.165, 1.54) is 11.8 Å². The van der Waals surface area contributed by atoms with Crippen LogP contribution in [0.5, 0.6) is 0 Å². The van der Waals surface area contributed by atoms with Gasteiger partial charge in [-0.1, -0.05) is 12.1 Å². The minimum Gasteiger partial charge on any atom is -0.431 e. The molecule has 0 radical (unpaired) electrons. The molecule has 0 amide bonds. The smallest absolute Gasteiger partial charge is 0.261 e. The van der Waals surface area contributed by atoms with Crippen LogP contribution >= 0.6 is 11.8 Å². The monoisotopic (exact) mass is 270 g/mol. The van der Waals surface area contributed by atoms with Crippen molar-refractivity contribution in [3.05, 3.63) is 48.3 Å². The molecular formula is C13H10N4OS. The predicted octanol–water partition coefficient (Wildman–Crippen LogP) is 2.66. The molecule has 1 aromatic carbocycles. The molecule has 0 unspecified atom stereocenters. The SMILES string of the molecule is N=C(N)c1ccncc1Sc1nc2ccccc2o1. The Morgan fingerprint density at radius 2 is 2.11 bits per heavy atom. The lowest BCUT2D eigenvalue weighted by Gasteiger charge is -2.03. The number of amidine groups is 1. The normalized spacial score (nSPS) is 10.7. The lowest BCUT2D eigenvalue weighted by molar-refractivity contribution is 0.489. The van der Waals surface area contributed by atoms with Crippen molar-refractivity contribution < 1.29 is 4.42 Å². The van der Waals surface area contributed by atoms with Gasteiger partial charge in [0.1, 0.15) is 11.4 Å². The van der Waals surface area contributed by atoms with Gasteiger partial charge in [-0.2, -0.15) is 0 Å². The largest absolute Gasteiger partial charge is 0.431 e. The number of pyridine rings is 1. The minimum atomic E-state index is 0.000936. The van der Waals surface area contributed by atoms with Gasteiger partial charge in [0.25, 0.3) is 5.22 Å². The molecule has 0 spiro atoms. The second kappa shape index (κ2) is 4.74. The molecule has 0 atom stereocenters. The van der Waals surface area contributed by atoms with Gasteiger partial charge in [0.2, 0.25) is 0 Å². The zero-order chi connectivity index (χ0) is 13.2. The first-order valence-electron chi connectivity index (χ1n) is 5.56. The maximum absolute atomic E-state index is 7.54. The van der Waals surface area contributed by atoms with Crippen LogP contribution in [0.15, 0.2) is 57.3 Å². The summed E-state index contributed by atoms with van der Waals surface area (Å²) in [5.74, 6) is 0.000936. The van der Waals surface area contributed by atoms with Gasteiger partial charge in [-0.25, -0.2) is 4.98 Å². The second-order valence-corrected chi connectivity index (χ2v) is 4.83. The van der Waals surface area contributed by atoms with E-state index >= 15 is 0 Å². The Labute approximate surface area is 113 Å². The number of oxazole rings is 1. The van der Waals surface area contributed by atoms with Gasteiger partial charge < -0.3 is 10.2 Å². The summed E-state index contributed by atoms with van der Waals surface area (Å²) < 4.78 is 5.62. The molecule has 0 aliphatic heterocycles. The fraction of sp³-hybridized carbons (Fsp3) is 0. The summed E-state index contributed by atoms with van der Waals surface area (Å²) in [5, 5.41) is 8.05. The predicted molar refractivity (Wildman–Crippen MR) is 73.4 cm³/mol. The Morgan fingerprint density at radius 3 is 2.89 bits per heavy atom. The van der Waals surface area contributed by atoms with E-state index in [0.717, 1.165) is 16.0 Å². The molecule has 2 heterocycles. The van der Waals surface area contributed by atoms with E-state index in [1.807, 2.05) is 24.3 Å². The number of hydrogen-bond donors (Lipinski definition) is 2. The summed E-state index contributed by atoms with van der Waals surface area (Å²) in [7, 11) is 0. The molecule has 3 N–H and O–H groups in total. The first-order valence-corrected chi connectivity index (χ1v) is 6.37. The van der Waals surface area contributed by atoms with Crippen molar-refractivity contribution >= 4 is 28.7 Å². The Balaban J connectivity index is 1.99. The van der Waals surface area contributed by atoms with Crippen LogP contribution in [-0.2, 0) is 0 Å². The van der Waals surface area contributed by atoms with E-state index in [-0.39, 0.29) is 5.84 Å². The van der Waals surface area contributed by atoms with Gasteiger partial charge in [0.15, 0.2) is 5.58 Å². The topological polar surface area (TPSA) is 88.8 Å². The third-order valence-electron chi connectivity index (χ3n) is 2.55. The lowest BCUT2D eigenvalue weighted by atomic mass is 10.2. The van der Waals surface area contributed by atoms with Crippen LogP contribution in [0.1, 0.15) is 5.56 Å². The van der Waals surface area contributed by atoms with Crippen LogP contribution in [0.4, 0.5) is 0 Å². The summed E-state index contributed by atoms with van der Waals surface area (Å²) in [5.41, 5.74) is 7.70. The Morgan fingerprint density at radius 1 is 1.26 bits per heavy atom. The molecule has 19 heavy (non-hydrogen) atoms. The quantitative estimate of drug-likeness (QED) is 0.564. The van der Waals surface area contributed by atoms with E-state index in [1.54, 1.807) is 18.5 Å². The van der Waals surface area contributed by atoms with Crippen LogP contribution in [0.25, 0.3) is 11.1 Å². The van der Waals surface area contributed by atoms with Gasteiger partial charge in [-0.15, -0.1) is 0 Å². The van der Waals surface area contributed by atoms with Crippen molar-refractivity contribution in [1.29, 1.82) is 5.41 Å². The highest BCUT2D eigenvalue weighted by atomic mass is 32.2. The number of rotatable bonds is 3. The van der Waals surface area contributed by atoms with Crippen LogP contribution < -0.4 is 5.73 Å². The number of para-hydroxylation sites is 2. The average Bonchev–Trinajstić information content (AvgIpc) is 2.81. The standard InChI is InChI=1S/C13H10N4OS/c14-12(15)8-5-6-16-7-11(8)19-13-17-9-3-1-2-4-10(9)18-13/h1-7H,(H3,14,15). The first-order chi connectivity index (χ1) is 9.24. The Kier molecular flexibility index (Phi) is 2.92. The molecule has 6 heteroatoms. The third kappa shape index (κ3) is 2.30. The van der Waals surface area contributed by atoms with Crippen LogP contribution in [-0.4, -0.2) is 15.8 Å². The molecular weight excluding hydrogens is 260 g/mol. The zero-order valence-corrected chi connectivity index (χ0v) is 10.6. The lowest BCUT2D eigenvalue weighted by Crippen LogP contribution is -2.12. The van der Waals surface area contributed by atoms with E-state index in [9.17, 15) is 0 Å². The molecule has 0 saturated heterocycles. The number of benzene rings is 1. The highest BCUT2D eigenvalue weighted by molar-refractivity contribution is 7.99. The molecule has 94 valence electrons. The summed E-state index contributed by atoms with van der Waals surface area (Å²) in [6, 6.07) is 9.25. The maximum Gasteiger partial charge on any atom is 0.261 e. The molecule has 2 aromatic heterocycles. The molecule has 3 rings (SSSR count). The molecule has 5 nitrogen and oxygen atoms in total. The summed E-state index contributed by atoms with van der Waals surface area (Å²) in [4.78, 5) is 9.15. The number of fused-ring (bicyclic) bond motifs is 1. The van der Waals surface area contributed by atoms with Crippen molar-refractivity contribution in [3.8, 4) is 0 Å². The summed E-state index contributed by atoms with van der Waals surface area (Å²) in [6.07, 6.45) is 3.25. The molecule has 3 aromatic rings. The van der Waals surface area contributed by atoms with Crippen LogP contribution in [0.3, 0.4) is 0 Å². The molecule has 0 fully saturated rings. The van der Waals surface area contributed by atoms with Gasteiger partial charge in [0.05, 0.1) is 0 Å². The number of nitrogen functional groups attached to an aromatic ring is 1. The van der Waals surface area contributed by atoms with Crippen molar-refractivity contribution in [2.24, 2.45) is 5.73 Å². The average molecular weight is 270 g/mol. The number of nitrogens with one attached hydrogen (secondary N) is 1. The highest BCUT2D eigenvalue weighted by Crippen LogP contribution is 2.31. The summed E-state index contributed by atoms with van der Waals surface area (Å²) >= 11 is 1.31. The van der Waals surface area contributed by atoms with E-state index in [0.29, 0.717) is 10.8 Å². The Bertz CT molecular complexity index is 720. The van der Waals surface area contributed by atoms with Crippen LogP contribution in [0, 0.1) is 5.41 Å². The number of nitrogens with two attached hydrogens (primary N) is 1. The fourth-order valence-corrected chi connectivity index (χ4v) is 2.54. The first kappa shape index (κ1) is 11.7. The molecule has 0 bridgehead atoms. The third-order valence-corrected chi connectivity index (χ3v) is 3.44. The van der Waals surface area contributed by atoms with Crippen molar-refractivity contribution in [2.75, 3.05) is 0 Å². The van der Waals surface area contributed by atoms with Gasteiger partial charge in [-0.3, -0.25) is 10.4 Å². The van der Waals surface area contributed by atoms with Crippen molar-refractivity contribution in [3.63, 3.8) is 0 Å². The zero-order valence-electron chi connectivity index (χ0n) is 9.83. The summed E-state index contributed by atoms with van der Waals surface area (Å²) in [6.45, 7) is 0. The highest BCUT2D eigenvalue weighted by Gasteiger charge is 2.11. The van der Waals surface area contributed by atoms with E-state index in [2.05, 4.69) is 9.97 Å². The number of aromatic nitrogens is 2. The van der Waals surface area contributed by atoms with E-state index < -0.39 is 0 Å². The fourth-order valence-electron chi connectivity index (χ4n) is 1.67. The molecule has 0 saturated carbocycles. The maximum atomic E-state index is 7.54. The van der Waals surface area contributed by atoms with Crippen LogP contribution in [0.2, 0.25) is 0 Å². The van der Waals surface area contributed by atoms with Gasteiger partial charge >= 0.3 is 0 Å². The number of hydrogen-bond acceptors (Lipinski definition) is 5.